The molecule has 0 bridgehead atoms. The number of carbonyl (C=O) groups is 1. The smallest absolute Gasteiger partial charge is 0.322 e. The molecule has 0 unspecified atom stereocenters. The van der Waals surface area contributed by atoms with Crippen LogP contribution in [-0.4, -0.2) is 49.4 Å². The molecule has 2 atom stereocenters. The fraction of sp³-hybridized carbons (Fsp3) is 0.562. The molecule has 0 saturated carbocycles. The number of nitrogens with zero attached hydrogens (tertiary/aromatic N) is 1. The molecular formula is C16H22N2O4. The van der Waals surface area contributed by atoms with Crippen LogP contribution in [0.5, 0.6) is 11.5 Å². The second kappa shape index (κ2) is 6.44. The lowest BCUT2D eigenvalue weighted by Crippen LogP contribution is -2.49. The van der Waals surface area contributed by atoms with Crippen molar-refractivity contribution in [1.82, 2.24) is 4.90 Å². The summed E-state index contributed by atoms with van der Waals surface area (Å²) in [5.41, 5.74) is 0.709. The molecule has 120 valence electrons. The van der Waals surface area contributed by atoms with Crippen LogP contribution in [0.4, 0.5) is 10.5 Å². The first-order valence-electron chi connectivity index (χ1n) is 7.73. The molecule has 6 nitrogen and oxygen atoms in total. The fourth-order valence-corrected chi connectivity index (χ4v) is 2.79. The number of carbonyl (C=O) groups excluding carboxylic acids is 1. The van der Waals surface area contributed by atoms with E-state index in [0.717, 1.165) is 12.2 Å². The number of hydrogen-bond acceptors (Lipinski definition) is 4. The first-order chi connectivity index (χ1) is 10.6. The Bertz CT molecular complexity index is 539. The highest BCUT2D eigenvalue weighted by Crippen LogP contribution is 2.32. The Hall–Kier alpha value is -1.95. The Labute approximate surface area is 130 Å². The van der Waals surface area contributed by atoms with Gasteiger partial charge >= 0.3 is 6.03 Å². The average Bonchev–Trinajstić information content (AvgIpc) is 2.71. The van der Waals surface area contributed by atoms with Gasteiger partial charge in [-0.2, -0.15) is 0 Å². The van der Waals surface area contributed by atoms with E-state index in [9.17, 15) is 4.79 Å². The van der Waals surface area contributed by atoms with Crippen molar-refractivity contribution in [2.45, 2.75) is 32.5 Å². The van der Waals surface area contributed by atoms with Crippen LogP contribution >= 0.6 is 0 Å². The second-order valence-corrected chi connectivity index (χ2v) is 5.80. The van der Waals surface area contributed by atoms with Crippen LogP contribution in [0.1, 0.15) is 20.3 Å². The van der Waals surface area contributed by atoms with Crippen molar-refractivity contribution in [2.75, 3.05) is 31.6 Å². The summed E-state index contributed by atoms with van der Waals surface area (Å²) >= 11 is 0. The van der Waals surface area contributed by atoms with Gasteiger partial charge in [-0.1, -0.05) is 0 Å². The van der Waals surface area contributed by atoms with Gasteiger partial charge in [0.2, 0.25) is 0 Å². The molecular weight excluding hydrogens is 284 g/mol. The van der Waals surface area contributed by atoms with Crippen molar-refractivity contribution in [3.05, 3.63) is 18.2 Å². The zero-order valence-corrected chi connectivity index (χ0v) is 13.0. The Morgan fingerprint density at radius 3 is 2.55 bits per heavy atom. The lowest BCUT2D eigenvalue weighted by Gasteiger charge is -2.35. The van der Waals surface area contributed by atoms with Gasteiger partial charge < -0.3 is 24.4 Å². The van der Waals surface area contributed by atoms with Crippen LogP contribution < -0.4 is 14.8 Å². The first-order valence-corrected chi connectivity index (χ1v) is 7.73. The maximum atomic E-state index is 12.4. The van der Waals surface area contributed by atoms with Crippen LogP contribution in [0.15, 0.2) is 18.2 Å². The van der Waals surface area contributed by atoms with E-state index in [4.69, 9.17) is 14.2 Å². The van der Waals surface area contributed by atoms with Crippen molar-refractivity contribution in [1.29, 1.82) is 0 Å². The Morgan fingerprint density at radius 2 is 1.82 bits per heavy atom. The molecule has 2 heterocycles. The van der Waals surface area contributed by atoms with Crippen LogP contribution in [0.2, 0.25) is 0 Å². The highest BCUT2D eigenvalue weighted by atomic mass is 16.5. The molecule has 0 aromatic heterocycles. The molecule has 6 heteroatoms. The highest BCUT2D eigenvalue weighted by molar-refractivity contribution is 5.89. The summed E-state index contributed by atoms with van der Waals surface area (Å²) in [6.45, 7) is 6.43. The highest BCUT2D eigenvalue weighted by Gasteiger charge is 2.26. The van der Waals surface area contributed by atoms with Crippen molar-refractivity contribution in [3.8, 4) is 11.5 Å². The number of urea groups is 1. The molecule has 2 aliphatic rings. The predicted molar refractivity (Wildman–Crippen MR) is 82.6 cm³/mol. The number of morpholine rings is 1. The Kier molecular flexibility index (Phi) is 4.38. The van der Waals surface area contributed by atoms with Gasteiger partial charge in [-0.25, -0.2) is 4.79 Å². The van der Waals surface area contributed by atoms with Gasteiger partial charge in [-0.15, -0.1) is 0 Å². The SMILES string of the molecule is C[C@@H]1CN(C(=O)Nc2ccc3c(c2)OCCCO3)C[C@@H](C)O1. The zero-order valence-electron chi connectivity index (χ0n) is 13.0. The zero-order chi connectivity index (χ0) is 15.5. The van der Waals surface area contributed by atoms with E-state index in [1.165, 1.54) is 0 Å². The van der Waals surface area contributed by atoms with Crippen LogP contribution in [0.25, 0.3) is 0 Å². The van der Waals surface area contributed by atoms with Gasteiger partial charge in [0.05, 0.1) is 25.4 Å². The minimum absolute atomic E-state index is 0.0540. The molecule has 1 aromatic carbocycles. The average molecular weight is 306 g/mol. The number of benzene rings is 1. The van der Waals surface area contributed by atoms with E-state index in [-0.39, 0.29) is 18.2 Å². The molecule has 22 heavy (non-hydrogen) atoms. The topological polar surface area (TPSA) is 60.0 Å². The fourth-order valence-electron chi connectivity index (χ4n) is 2.79. The summed E-state index contributed by atoms with van der Waals surface area (Å²) in [7, 11) is 0. The van der Waals surface area contributed by atoms with Gasteiger partial charge in [0.1, 0.15) is 0 Å². The van der Waals surface area contributed by atoms with Gasteiger partial charge in [0.15, 0.2) is 11.5 Å². The number of rotatable bonds is 1. The summed E-state index contributed by atoms with van der Waals surface area (Å²) in [4.78, 5) is 14.2. The molecule has 1 N–H and O–H groups in total. The van der Waals surface area contributed by atoms with Gasteiger partial charge in [0.25, 0.3) is 0 Å². The van der Waals surface area contributed by atoms with Crippen molar-refractivity contribution >= 4 is 11.7 Å². The largest absolute Gasteiger partial charge is 0.490 e. The van der Waals surface area contributed by atoms with Crippen molar-refractivity contribution in [3.63, 3.8) is 0 Å². The van der Waals surface area contributed by atoms with E-state index >= 15 is 0 Å². The minimum Gasteiger partial charge on any atom is -0.490 e. The standard InChI is InChI=1S/C16H22N2O4/c1-11-9-18(10-12(2)22-11)16(19)17-13-4-5-14-15(8-13)21-7-3-6-20-14/h4-5,8,11-12H,3,6-7,9-10H2,1-2H3,(H,17,19)/t11-,12-/m1/s1. The molecule has 0 spiro atoms. The quantitative estimate of drug-likeness (QED) is 0.866. The maximum absolute atomic E-state index is 12.4. The number of ether oxygens (including phenoxy) is 3. The van der Waals surface area contributed by atoms with Crippen LogP contribution in [-0.2, 0) is 4.74 Å². The lowest BCUT2D eigenvalue weighted by atomic mass is 10.2. The molecule has 1 saturated heterocycles. The molecule has 1 aromatic rings. The maximum Gasteiger partial charge on any atom is 0.322 e. The van der Waals surface area contributed by atoms with Crippen LogP contribution in [0, 0.1) is 0 Å². The second-order valence-electron chi connectivity index (χ2n) is 5.80. The molecule has 2 aliphatic heterocycles. The van der Waals surface area contributed by atoms with Gasteiger partial charge in [-0.05, 0) is 26.0 Å². The first kappa shape index (κ1) is 15.0. The van der Waals surface area contributed by atoms with E-state index in [1.54, 1.807) is 4.90 Å². The summed E-state index contributed by atoms with van der Waals surface area (Å²) in [6, 6.07) is 5.36. The summed E-state index contributed by atoms with van der Waals surface area (Å²) in [6.07, 6.45) is 0.969. The number of fused-ring (bicyclic) bond motifs is 1. The van der Waals surface area contributed by atoms with E-state index in [1.807, 2.05) is 32.0 Å². The monoisotopic (exact) mass is 306 g/mol. The third-order valence-electron chi connectivity index (χ3n) is 3.71. The van der Waals surface area contributed by atoms with E-state index in [2.05, 4.69) is 5.32 Å². The number of nitrogens with one attached hydrogen (secondary N) is 1. The summed E-state index contributed by atoms with van der Waals surface area (Å²) < 4.78 is 16.9. The number of amides is 2. The van der Waals surface area contributed by atoms with E-state index < -0.39 is 0 Å². The summed E-state index contributed by atoms with van der Waals surface area (Å²) in [5, 5.41) is 2.92. The third-order valence-corrected chi connectivity index (χ3v) is 3.71. The molecule has 2 amide bonds. The number of hydrogen-bond donors (Lipinski definition) is 1. The van der Waals surface area contributed by atoms with Crippen molar-refractivity contribution in [2.24, 2.45) is 0 Å². The minimum atomic E-state index is -0.114. The lowest BCUT2D eigenvalue weighted by molar-refractivity contribution is -0.0530. The normalized spacial score (nSPS) is 24.5. The third kappa shape index (κ3) is 3.44. The van der Waals surface area contributed by atoms with Gasteiger partial charge in [0, 0.05) is 31.3 Å². The molecule has 0 aliphatic carbocycles. The molecule has 0 radical (unpaired) electrons. The molecule has 3 rings (SSSR count). The van der Waals surface area contributed by atoms with Gasteiger partial charge in [-0.3, -0.25) is 0 Å². The number of anilines is 1. The predicted octanol–water partition coefficient (Wildman–Crippen LogP) is 2.49. The van der Waals surface area contributed by atoms with Crippen molar-refractivity contribution < 1.29 is 19.0 Å². The Morgan fingerprint density at radius 1 is 1.14 bits per heavy atom. The van der Waals surface area contributed by atoms with Crippen LogP contribution in [0.3, 0.4) is 0 Å². The molecule has 1 fully saturated rings. The summed E-state index contributed by atoms with van der Waals surface area (Å²) in [5.74, 6) is 1.41. The van der Waals surface area contributed by atoms with E-state index in [0.29, 0.717) is 37.7 Å². The Balaban J connectivity index is 1.67.